The monoisotopic (exact) mass is 494 g/mol. The first-order valence-electron chi connectivity index (χ1n) is 12.7. The molecule has 0 fully saturated rings. The molecule has 1 unspecified atom stereocenters. The molecular formula is C32H32NO4+. The molecule has 37 heavy (non-hydrogen) atoms. The number of pyridine rings is 1. The molecule has 1 aliphatic carbocycles. The number of hydrogen-bond acceptors (Lipinski definition) is 4. The van der Waals surface area contributed by atoms with Gasteiger partial charge in [0.2, 0.25) is 0 Å². The van der Waals surface area contributed by atoms with Crippen LogP contribution >= 0.6 is 0 Å². The van der Waals surface area contributed by atoms with Crippen molar-refractivity contribution in [2.45, 2.75) is 39.2 Å². The lowest BCUT2D eigenvalue weighted by Crippen LogP contribution is -2.33. The summed E-state index contributed by atoms with van der Waals surface area (Å²) in [6.07, 6.45) is 12.3. The first-order valence-corrected chi connectivity index (χ1v) is 12.7. The van der Waals surface area contributed by atoms with Gasteiger partial charge in [0.05, 0.1) is 5.56 Å². The van der Waals surface area contributed by atoms with Crippen LogP contribution in [0.4, 0.5) is 0 Å². The molecule has 4 N–H and O–H groups in total. The molecule has 0 spiro atoms. The molecule has 0 saturated heterocycles. The summed E-state index contributed by atoms with van der Waals surface area (Å²) in [6.45, 7) is 2.54. The molecular weight excluding hydrogens is 462 g/mol. The van der Waals surface area contributed by atoms with E-state index in [0.717, 1.165) is 45.9 Å². The third kappa shape index (κ3) is 5.61. The molecule has 0 aliphatic heterocycles. The summed E-state index contributed by atoms with van der Waals surface area (Å²) in [5.74, 6) is 1.15. The van der Waals surface area contributed by atoms with Gasteiger partial charge in [-0.05, 0) is 102 Å². The molecule has 5 nitrogen and oxygen atoms in total. The molecule has 188 valence electrons. The number of phenolic OH excluding ortho intramolecular Hbond substituents is 3. The van der Waals surface area contributed by atoms with Crippen molar-refractivity contribution in [3.05, 3.63) is 119 Å². The molecule has 0 bridgehead atoms. The second kappa shape index (κ2) is 10.4. The van der Waals surface area contributed by atoms with Gasteiger partial charge in [0.25, 0.3) is 0 Å². The number of allylic oxidation sites excluding steroid dienone is 3. The van der Waals surface area contributed by atoms with E-state index in [2.05, 4.69) is 0 Å². The molecule has 5 rings (SSSR count). The van der Waals surface area contributed by atoms with Crippen LogP contribution in [0.3, 0.4) is 0 Å². The van der Waals surface area contributed by atoms with Gasteiger partial charge < -0.3 is 20.4 Å². The van der Waals surface area contributed by atoms with E-state index in [1.165, 1.54) is 5.56 Å². The molecule has 4 aromatic rings. The molecule has 1 heterocycles. The van der Waals surface area contributed by atoms with Crippen molar-refractivity contribution >= 4 is 10.8 Å². The fraction of sp³-hybridized carbons (Fsp3) is 0.219. The van der Waals surface area contributed by atoms with Crippen molar-refractivity contribution in [3.8, 4) is 17.2 Å². The maximum atomic E-state index is 11.5. The fourth-order valence-corrected chi connectivity index (χ4v) is 5.02. The minimum atomic E-state index is 0.190. The maximum absolute atomic E-state index is 11.5. The third-order valence-corrected chi connectivity index (χ3v) is 7.14. The van der Waals surface area contributed by atoms with Crippen LogP contribution in [-0.2, 0) is 19.4 Å². The van der Waals surface area contributed by atoms with E-state index in [-0.39, 0.29) is 28.9 Å². The largest absolute Gasteiger partial charge is 0.508 e. The topological polar surface area (TPSA) is 84.8 Å². The van der Waals surface area contributed by atoms with Gasteiger partial charge in [-0.15, -0.1) is 0 Å². The number of aliphatic hydroxyl groups is 1. The molecule has 1 aromatic heterocycles. The Labute approximate surface area is 216 Å². The Kier molecular flexibility index (Phi) is 6.87. The lowest BCUT2D eigenvalue weighted by Gasteiger charge is -2.17. The van der Waals surface area contributed by atoms with Crippen molar-refractivity contribution in [2.75, 3.05) is 0 Å². The minimum absolute atomic E-state index is 0.190. The van der Waals surface area contributed by atoms with Crippen LogP contribution in [0.2, 0.25) is 0 Å². The predicted octanol–water partition coefficient (Wildman–Crippen LogP) is 6.14. The van der Waals surface area contributed by atoms with Gasteiger partial charge in [0.1, 0.15) is 23.0 Å². The third-order valence-electron chi connectivity index (χ3n) is 7.14. The lowest BCUT2D eigenvalue weighted by atomic mass is 9.89. The Morgan fingerprint density at radius 2 is 1.65 bits per heavy atom. The highest BCUT2D eigenvalue weighted by Crippen LogP contribution is 2.37. The summed E-state index contributed by atoms with van der Waals surface area (Å²) in [7, 11) is 0. The van der Waals surface area contributed by atoms with Crippen molar-refractivity contribution < 1.29 is 25.0 Å². The first-order chi connectivity index (χ1) is 17.9. The number of benzene rings is 3. The smallest absolute Gasteiger partial charge is 0.177 e. The summed E-state index contributed by atoms with van der Waals surface area (Å²) in [6, 6.07) is 16.8. The van der Waals surface area contributed by atoms with Crippen molar-refractivity contribution in [1.82, 2.24) is 0 Å². The second-order valence-corrected chi connectivity index (χ2v) is 9.99. The summed E-state index contributed by atoms with van der Waals surface area (Å²) in [5, 5.41) is 43.8. The molecule has 1 atom stereocenters. The lowest BCUT2D eigenvalue weighted by molar-refractivity contribution is -0.688. The Morgan fingerprint density at radius 1 is 0.892 bits per heavy atom. The van der Waals surface area contributed by atoms with Crippen LogP contribution < -0.4 is 4.57 Å². The highest BCUT2D eigenvalue weighted by atomic mass is 16.3. The number of nitrogens with zero attached hydrogens (tertiary/aromatic N) is 1. The van der Waals surface area contributed by atoms with E-state index in [9.17, 15) is 20.4 Å². The van der Waals surface area contributed by atoms with Crippen molar-refractivity contribution in [2.24, 2.45) is 5.92 Å². The Balaban J connectivity index is 1.58. The molecule has 3 aromatic carbocycles. The van der Waals surface area contributed by atoms with Crippen molar-refractivity contribution in [1.29, 1.82) is 0 Å². The predicted molar refractivity (Wildman–Crippen MR) is 145 cm³/mol. The second-order valence-electron chi connectivity index (χ2n) is 9.99. The van der Waals surface area contributed by atoms with Gasteiger partial charge in [-0.1, -0.05) is 18.2 Å². The first kappa shape index (κ1) is 24.4. The number of phenols is 3. The van der Waals surface area contributed by atoms with Crippen LogP contribution in [0.25, 0.3) is 10.8 Å². The number of aromatic hydroxyl groups is 3. The Hall–Kier alpha value is -4.25. The van der Waals surface area contributed by atoms with Crippen LogP contribution in [0.5, 0.6) is 17.2 Å². The standard InChI is InChI=1S/C32H31NO4/c1-21-11-13-33(14-12-21)20-26-17-24-19-31(36)25(15-22-3-2-4-27(34)8-5-22)18-29(24)30(32(26)37)16-23-6-9-28(35)10-7-23/h4-14,17-19,22H,2-3,15-16,20H2,1H3,(H3-,34,35,36,37)/p+1. The van der Waals surface area contributed by atoms with Crippen LogP contribution in [0.1, 0.15) is 40.7 Å². The Morgan fingerprint density at radius 3 is 2.41 bits per heavy atom. The van der Waals surface area contributed by atoms with Gasteiger partial charge in [-0.25, -0.2) is 4.57 Å². The molecule has 0 radical (unpaired) electrons. The zero-order chi connectivity index (χ0) is 25.9. The molecule has 0 saturated carbocycles. The number of aromatic nitrogens is 1. The van der Waals surface area contributed by atoms with E-state index in [1.807, 2.05) is 72.4 Å². The van der Waals surface area contributed by atoms with Gasteiger partial charge in [0, 0.05) is 24.1 Å². The summed E-state index contributed by atoms with van der Waals surface area (Å²) in [4.78, 5) is 0. The van der Waals surface area contributed by atoms with Crippen molar-refractivity contribution in [3.63, 3.8) is 0 Å². The average molecular weight is 495 g/mol. The Bertz CT molecular complexity index is 1480. The number of hydrogen-bond donors (Lipinski definition) is 4. The summed E-state index contributed by atoms with van der Waals surface area (Å²) in [5.41, 5.74) is 4.52. The van der Waals surface area contributed by atoms with E-state index in [1.54, 1.807) is 24.3 Å². The highest BCUT2D eigenvalue weighted by Gasteiger charge is 2.19. The number of aliphatic hydroxyl groups excluding tert-OH is 1. The quantitative estimate of drug-likeness (QED) is 0.243. The van der Waals surface area contributed by atoms with Crippen LogP contribution in [-0.4, -0.2) is 20.4 Å². The zero-order valence-corrected chi connectivity index (χ0v) is 20.9. The summed E-state index contributed by atoms with van der Waals surface area (Å²) < 4.78 is 2.02. The van der Waals surface area contributed by atoms with Gasteiger partial charge in [0.15, 0.2) is 18.9 Å². The van der Waals surface area contributed by atoms with Crippen LogP contribution in [0, 0.1) is 12.8 Å². The van der Waals surface area contributed by atoms with Gasteiger partial charge in [-0.3, -0.25) is 0 Å². The normalized spacial score (nSPS) is 15.5. The zero-order valence-electron chi connectivity index (χ0n) is 20.9. The van der Waals surface area contributed by atoms with E-state index in [0.29, 0.717) is 19.4 Å². The SMILES string of the molecule is Cc1cc[n+](Cc2cc3cc(O)c(CC4C=CC(O)=CCC4)cc3c(Cc3ccc(O)cc3)c2O)cc1. The fourth-order valence-electron chi connectivity index (χ4n) is 5.02. The number of rotatable bonds is 6. The van der Waals surface area contributed by atoms with E-state index >= 15 is 0 Å². The van der Waals surface area contributed by atoms with Gasteiger partial charge >= 0.3 is 0 Å². The number of aryl methyl sites for hydroxylation is 1. The highest BCUT2D eigenvalue weighted by molar-refractivity contribution is 5.91. The number of fused-ring (bicyclic) bond motifs is 1. The maximum Gasteiger partial charge on any atom is 0.177 e. The van der Waals surface area contributed by atoms with Gasteiger partial charge in [-0.2, -0.15) is 0 Å². The van der Waals surface area contributed by atoms with E-state index in [4.69, 9.17) is 0 Å². The minimum Gasteiger partial charge on any atom is -0.508 e. The average Bonchev–Trinajstić information content (AvgIpc) is 3.09. The van der Waals surface area contributed by atoms with E-state index < -0.39 is 0 Å². The molecule has 0 amide bonds. The molecule has 5 heteroatoms. The summed E-state index contributed by atoms with van der Waals surface area (Å²) >= 11 is 0. The molecule has 1 aliphatic rings. The van der Waals surface area contributed by atoms with Crippen LogP contribution in [0.15, 0.2) is 91.0 Å².